The third kappa shape index (κ3) is 8.22. The summed E-state index contributed by atoms with van der Waals surface area (Å²) in [4.78, 5) is 10.1. The number of fused-ring (bicyclic) bond motifs is 1. The van der Waals surface area contributed by atoms with Gasteiger partial charge in [0.2, 0.25) is 0 Å². The number of para-hydroxylation sites is 2. The Bertz CT molecular complexity index is 3590. The lowest BCUT2D eigenvalue weighted by Gasteiger charge is -2.19. The second kappa shape index (κ2) is 16.7. The number of hydrogen-bond donors (Lipinski definition) is 1. The van der Waals surface area contributed by atoms with Gasteiger partial charge in [0, 0.05) is 35.1 Å². The van der Waals surface area contributed by atoms with E-state index in [0.29, 0.717) is 61.6 Å². The lowest BCUT2D eigenvalue weighted by molar-refractivity contribution is 0.477. The van der Waals surface area contributed by atoms with Crippen molar-refractivity contribution in [2.45, 2.75) is 72.3 Å². The molecule has 0 saturated carbocycles. The van der Waals surface area contributed by atoms with Crippen LogP contribution in [-0.2, 0) is 5.41 Å². The maximum atomic E-state index is 11.5. The largest absolute Gasteiger partial charge is 0.507 e. The highest BCUT2D eigenvalue weighted by Crippen LogP contribution is 2.41. The molecule has 0 bridgehead atoms. The summed E-state index contributed by atoms with van der Waals surface area (Å²) in [5.41, 5.74) is 7.35. The van der Waals surface area contributed by atoms with Crippen LogP contribution >= 0.6 is 0 Å². The van der Waals surface area contributed by atoms with Gasteiger partial charge in [-0.2, -0.15) is 0 Å². The molecule has 0 aliphatic carbocycles. The number of rotatable bonds is 9. The second-order valence-electron chi connectivity index (χ2n) is 16.6. The highest BCUT2D eigenvalue weighted by atomic mass is 16.3. The third-order valence-corrected chi connectivity index (χ3v) is 11.7. The standard InChI is InChI=1S/C59H55N3O/c1-37(2)44-30-45(38(3)4)32-47(31-44)42-23-26-54(39(5)29-42)62-55-19-14-18-51(57(55)61-58(62)52-17-12-13-20-56(52)63)48-33-46(40-15-10-9-11-16-40)34-49(35-48)53-36-43(27-28-60-53)41-21-24-50(25-22-41)59(6,7)8/h9-38,63H,1-8H3/i5D3,6D3,7D3,8D3,37D. The molecule has 4 nitrogen and oxygen atoms in total. The molecule has 0 aliphatic rings. The molecule has 0 amide bonds. The van der Waals surface area contributed by atoms with E-state index in [9.17, 15) is 5.11 Å². The monoisotopic (exact) mass is 835 g/mol. The minimum absolute atomic E-state index is 0.0520. The van der Waals surface area contributed by atoms with Crippen LogP contribution in [0.5, 0.6) is 5.75 Å². The van der Waals surface area contributed by atoms with Crippen molar-refractivity contribution in [2.75, 3.05) is 0 Å². The summed E-state index contributed by atoms with van der Waals surface area (Å²) in [5.74, 6) is -0.486. The van der Waals surface area contributed by atoms with Crippen LogP contribution in [0.15, 0.2) is 170 Å². The molecule has 63 heavy (non-hydrogen) atoms. The fraction of sp³-hybridized carbons (Fsp3) is 0.186. The van der Waals surface area contributed by atoms with Gasteiger partial charge < -0.3 is 5.11 Å². The van der Waals surface area contributed by atoms with Crippen molar-refractivity contribution in [3.05, 3.63) is 192 Å². The summed E-state index contributed by atoms with van der Waals surface area (Å²) in [6.07, 6.45) is 1.62. The molecule has 312 valence electrons. The molecule has 9 aromatic rings. The molecular formula is C59H55N3O. The Morgan fingerprint density at radius 2 is 1.24 bits per heavy atom. The van der Waals surface area contributed by atoms with Crippen molar-refractivity contribution < 1.29 is 22.9 Å². The van der Waals surface area contributed by atoms with Gasteiger partial charge in [0.25, 0.3) is 0 Å². The van der Waals surface area contributed by atoms with E-state index in [-0.39, 0.29) is 22.8 Å². The molecule has 0 radical (unpaired) electrons. The van der Waals surface area contributed by atoms with E-state index < -0.39 is 38.7 Å². The average molecular weight is 835 g/mol. The minimum atomic E-state index is -3.40. The van der Waals surface area contributed by atoms with Crippen molar-refractivity contribution in [3.63, 3.8) is 0 Å². The zero-order chi connectivity index (χ0) is 54.9. The number of imidazole rings is 1. The van der Waals surface area contributed by atoms with Gasteiger partial charge in [-0.3, -0.25) is 9.55 Å². The van der Waals surface area contributed by atoms with Crippen molar-refractivity contribution >= 4 is 11.0 Å². The number of nitrogens with zero attached hydrogens (tertiary/aromatic N) is 3. The highest BCUT2D eigenvalue weighted by molar-refractivity contribution is 5.98. The van der Waals surface area contributed by atoms with Crippen LogP contribution in [0.25, 0.3) is 83.9 Å². The summed E-state index contributed by atoms with van der Waals surface area (Å²) in [5, 5.41) is 11.5. The Hall–Kier alpha value is -7.04. The van der Waals surface area contributed by atoms with E-state index in [1.165, 1.54) is 24.3 Å². The van der Waals surface area contributed by atoms with Crippen LogP contribution in [0.1, 0.15) is 100 Å². The highest BCUT2D eigenvalue weighted by Gasteiger charge is 2.22. The summed E-state index contributed by atoms with van der Waals surface area (Å²) in [7, 11) is 0. The van der Waals surface area contributed by atoms with Crippen LogP contribution in [-0.4, -0.2) is 19.6 Å². The first-order valence-corrected chi connectivity index (χ1v) is 21.0. The molecule has 4 heteroatoms. The predicted molar refractivity (Wildman–Crippen MR) is 265 cm³/mol. The Balaban J connectivity index is 1.23. The summed E-state index contributed by atoms with van der Waals surface area (Å²) in [6, 6.07) is 48.8. The SMILES string of the molecule is [2H]C([2H])([2H])c1cc(-c2cc(C(C)C)cc(C([2H])(C)C)c2)ccc1-n1c(-c2ccccc2O)nc2c(-c3cc(-c4ccccc4)cc(-c4cc(-c5ccc(C(C([2H])([2H])[2H])(C([2H])([2H])[2H])C([2H])([2H])[2H])cc5)ccn4)c3)cccc21. The zero-order valence-electron chi connectivity index (χ0n) is 48.5. The number of aromatic nitrogens is 3. The van der Waals surface area contributed by atoms with E-state index in [0.717, 1.165) is 33.4 Å². The van der Waals surface area contributed by atoms with Gasteiger partial charge >= 0.3 is 0 Å². The maximum absolute atomic E-state index is 11.5. The first kappa shape index (κ1) is 28.5. The number of hydrogen-bond acceptors (Lipinski definition) is 3. The number of pyridine rings is 1. The van der Waals surface area contributed by atoms with E-state index in [2.05, 4.69) is 13.8 Å². The Morgan fingerprint density at radius 3 is 1.98 bits per heavy atom. The molecule has 2 aromatic heterocycles. The molecule has 9 rings (SSSR count). The fourth-order valence-corrected chi connectivity index (χ4v) is 8.18. The molecule has 2 heterocycles. The van der Waals surface area contributed by atoms with Crippen molar-refractivity contribution in [3.8, 4) is 78.6 Å². The summed E-state index contributed by atoms with van der Waals surface area (Å²) >= 11 is 0. The lowest BCUT2D eigenvalue weighted by Crippen LogP contribution is -2.10. The van der Waals surface area contributed by atoms with Crippen molar-refractivity contribution in [1.29, 1.82) is 0 Å². The Kier molecular flexibility index (Phi) is 7.55. The summed E-state index contributed by atoms with van der Waals surface area (Å²) < 4.78 is 111. The Labute approximate surface area is 390 Å². The smallest absolute Gasteiger partial charge is 0.149 e. The van der Waals surface area contributed by atoms with E-state index in [1.54, 1.807) is 53.2 Å². The van der Waals surface area contributed by atoms with Gasteiger partial charge in [0.1, 0.15) is 11.6 Å². The molecule has 0 saturated heterocycles. The topological polar surface area (TPSA) is 50.9 Å². The molecule has 7 aromatic carbocycles. The van der Waals surface area contributed by atoms with Gasteiger partial charge in [0.15, 0.2) is 0 Å². The van der Waals surface area contributed by atoms with Crippen molar-refractivity contribution in [1.82, 2.24) is 14.5 Å². The molecule has 0 fully saturated rings. The number of benzene rings is 7. The molecule has 0 atom stereocenters. The number of phenols is 1. The molecule has 0 unspecified atom stereocenters. The summed E-state index contributed by atoms with van der Waals surface area (Å²) in [6.45, 7) is -4.97. The first-order valence-electron chi connectivity index (χ1n) is 27.5. The lowest BCUT2D eigenvalue weighted by atomic mass is 9.86. The van der Waals surface area contributed by atoms with Gasteiger partial charge in [-0.1, -0.05) is 151 Å². The van der Waals surface area contributed by atoms with Gasteiger partial charge in [-0.05, 0) is 146 Å². The van der Waals surface area contributed by atoms with Crippen LogP contribution < -0.4 is 0 Å². The third-order valence-electron chi connectivity index (χ3n) is 11.7. The van der Waals surface area contributed by atoms with Crippen LogP contribution in [0.2, 0.25) is 0 Å². The minimum Gasteiger partial charge on any atom is -0.507 e. The van der Waals surface area contributed by atoms with Crippen LogP contribution in [0.4, 0.5) is 0 Å². The van der Waals surface area contributed by atoms with E-state index in [1.807, 2.05) is 111 Å². The zero-order valence-corrected chi connectivity index (χ0v) is 35.5. The van der Waals surface area contributed by atoms with E-state index in [4.69, 9.17) is 27.8 Å². The quantitative estimate of drug-likeness (QED) is 0.158. The number of phenolic OH excluding ortho intramolecular Hbond substituents is 1. The molecule has 0 spiro atoms. The number of aryl methyl sites for hydroxylation is 1. The van der Waals surface area contributed by atoms with Crippen molar-refractivity contribution in [2.24, 2.45) is 0 Å². The van der Waals surface area contributed by atoms with Gasteiger partial charge in [0.05, 0.1) is 28.0 Å². The fourth-order valence-electron chi connectivity index (χ4n) is 8.18. The van der Waals surface area contributed by atoms with Gasteiger partial charge in [-0.25, -0.2) is 4.98 Å². The Morgan fingerprint density at radius 1 is 0.571 bits per heavy atom. The number of aromatic hydroxyl groups is 1. The molecular weight excluding hydrogens is 767 g/mol. The first-order chi connectivity index (χ1) is 35.6. The maximum Gasteiger partial charge on any atom is 0.149 e. The molecule has 0 aliphatic heterocycles. The van der Waals surface area contributed by atoms with Gasteiger partial charge in [-0.15, -0.1) is 0 Å². The normalized spacial score (nSPS) is 15.9. The molecule has 1 N–H and O–H groups in total. The van der Waals surface area contributed by atoms with Crippen LogP contribution in [0, 0.1) is 6.85 Å². The van der Waals surface area contributed by atoms with E-state index >= 15 is 0 Å². The van der Waals surface area contributed by atoms with Crippen LogP contribution in [0.3, 0.4) is 0 Å². The predicted octanol–water partition coefficient (Wildman–Crippen LogP) is 16.0. The average Bonchev–Trinajstić information content (AvgIpc) is 3.83. The second-order valence-corrected chi connectivity index (χ2v) is 16.6.